The quantitative estimate of drug-likeness (QED) is 0.733. The van der Waals surface area contributed by atoms with Gasteiger partial charge in [-0.15, -0.1) is 0 Å². The van der Waals surface area contributed by atoms with Crippen LogP contribution in [0.4, 0.5) is 0 Å². The third-order valence-electron chi connectivity index (χ3n) is 1.56. The lowest BCUT2D eigenvalue weighted by Crippen LogP contribution is -2.14. The standard InChI is InChI=1S/C8H13NO2S/c1-5-4-11-8(9-5)12-7(3)6(2)10/h4,6-7,10H,1-3H3. The van der Waals surface area contributed by atoms with Gasteiger partial charge < -0.3 is 9.52 Å². The highest BCUT2D eigenvalue weighted by atomic mass is 32.2. The van der Waals surface area contributed by atoms with E-state index in [1.54, 1.807) is 13.2 Å². The summed E-state index contributed by atoms with van der Waals surface area (Å²) in [6.45, 7) is 5.57. The van der Waals surface area contributed by atoms with Gasteiger partial charge in [0, 0.05) is 5.25 Å². The molecule has 0 aliphatic carbocycles. The Kier molecular flexibility index (Phi) is 3.17. The van der Waals surface area contributed by atoms with Crippen LogP contribution in [0.1, 0.15) is 19.5 Å². The van der Waals surface area contributed by atoms with Crippen LogP contribution in [-0.2, 0) is 0 Å². The lowest BCUT2D eigenvalue weighted by molar-refractivity contribution is 0.196. The Hall–Kier alpha value is -0.480. The van der Waals surface area contributed by atoms with Crippen LogP contribution in [0.2, 0.25) is 0 Å². The van der Waals surface area contributed by atoms with Crippen molar-refractivity contribution in [1.82, 2.24) is 4.98 Å². The number of aryl methyl sites for hydroxylation is 1. The second-order valence-corrected chi connectivity index (χ2v) is 4.15. The molecule has 2 unspecified atom stereocenters. The molecule has 1 rings (SSSR count). The van der Waals surface area contributed by atoms with Crippen molar-refractivity contribution < 1.29 is 9.52 Å². The lowest BCUT2D eigenvalue weighted by atomic mass is 10.3. The van der Waals surface area contributed by atoms with Crippen LogP contribution < -0.4 is 0 Å². The molecule has 4 heteroatoms. The predicted molar refractivity (Wildman–Crippen MR) is 48.2 cm³/mol. The summed E-state index contributed by atoms with van der Waals surface area (Å²) < 4.78 is 5.13. The molecule has 0 aromatic carbocycles. The smallest absolute Gasteiger partial charge is 0.256 e. The maximum Gasteiger partial charge on any atom is 0.256 e. The zero-order valence-corrected chi connectivity index (χ0v) is 8.26. The van der Waals surface area contributed by atoms with Crippen molar-refractivity contribution in [3.8, 4) is 0 Å². The number of aromatic nitrogens is 1. The number of aliphatic hydroxyl groups excluding tert-OH is 1. The Morgan fingerprint density at radius 3 is 2.67 bits per heavy atom. The van der Waals surface area contributed by atoms with E-state index in [-0.39, 0.29) is 11.4 Å². The molecule has 1 heterocycles. The van der Waals surface area contributed by atoms with Crippen LogP contribution in [0.5, 0.6) is 0 Å². The van der Waals surface area contributed by atoms with E-state index in [4.69, 9.17) is 4.42 Å². The number of rotatable bonds is 3. The summed E-state index contributed by atoms with van der Waals surface area (Å²) >= 11 is 1.44. The van der Waals surface area contributed by atoms with Crippen molar-refractivity contribution in [2.45, 2.75) is 37.3 Å². The first kappa shape index (κ1) is 9.61. The maximum atomic E-state index is 9.20. The van der Waals surface area contributed by atoms with E-state index in [0.717, 1.165) is 5.69 Å². The van der Waals surface area contributed by atoms with Crippen molar-refractivity contribution >= 4 is 11.8 Å². The molecular weight excluding hydrogens is 174 g/mol. The average Bonchev–Trinajstić information content (AvgIpc) is 2.35. The SMILES string of the molecule is Cc1coc(SC(C)C(C)O)n1. The first-order chi connectivity index (χ1) is 5.59. The molecule has 0 spiro atoms. The van der Waals surface area contributed by atoms with E-state index < -0.39 is 0 Å². The van der Waals surface area contributed by atoms with Gasteiger partial charge in [-0.1, -0.05) is 18.7 Å². The average molecular weight is 187 g/mol. The summed E-state index contributed by atoms with van der Waals surface area (Å²) in [5.41, 5.74) is 0.871. The van der Waals surface area contributed by atoms with E-state index in [2.05, 4.69) is 4.98 Å². The van der Waals surface area contributed by atoms with Crippen molar-refractivity contribution in [2.24, 2.45) is 0 Å². The number of oxazole rings is 1. The van der Waals surface area contributed by atoms with Gasteiger partial charge in [0.2, 0.25) is 0 Å². The zero-order valence-electron chi connectivity index (χ0n) is 7.44. The van der Waals surface area contributed by atoms with Gasteiger partial charge in [0.25, 0.3) is 5.22 Å². The molecule has 0 aliphatic rings. The molecule has 0 saturated carbocycles. The van der Waals surface area contributed by atoms with Gasteiger partial charge in [0.15, 0.2) is 0 Å². The Balaban J connectivity index is 2.52. The van der Waals surface area contributed by atoms with Crippen LogP contribution in [0.15, 0.2) is 15.9 Å². The third-order valence-corrected chi connectivity index (χ3v) is 2.72. The second kappa shape index (κ2) is 3.96. The molecule has 0 bridgehead atoms. The van der Waals surface area contributed by atoms with Crippen molar-refractivity contribution in [3.63, 3.8) is 0 Å². The zero-order chi connectivity index (χ0) is 9.14. The summed E-state index contributed by atoms with van der Waals surface area (Å²) in [6.07, 6.45) is 1.26. The molecular formula is C8H13NO2S. The maximum absolute atomic E-state index is 9.20. The summed E-state index contributed by atoms with van der Waals surface area (Å²) in [4.78, 5) is 4.12. The van der Waals surface area contributed by atoms with Gasteiger partial charge in [0.1, 0.15) is 6.26 Å². The summed E-state index contributed by atoms with van der Waals surface area (Å²) in [6, 6.07) is 0. The molecule has 0 amide bonds. The minimum atomic E-state index is -0.345. The van der Waals surface area contributed by atoms with E-state index >= 15 is 0 Å². The minimum absolute atomic E-state index is 0.114. The number of nitrogens with zero attached hydrogens (tertiary/aromatic N) is 1. The molecule has 1 aromatic rings. The molecule has 2 atom stereocenters. The van der Waals surface area contributed by atoms with E-state index in [0.29, 0.717) is 5.22 Å². The molecule has 0 fully saturated rings. The van der Waals surface area contributed by atoms with Crippen LogP contribution in [0.25, 0.3) is 0 Å². The van der Waals surface area contributed by atoms with Gasteiger partial charge in [-0.3, -0.25) is 0 Å². The van der Waals surface area contributed by atoms with Crippen LogP contribution in [-0.4, -0.2) is 21.4 Å². The van der Waals surface area contributed by atoms with E-state index in [1.807, 2.05) is 13.8 Å². The van der Waals surface area contributed by atoms with Gasteiger partial charge in [-0.2, -0.15) is 0 Å². The normalized spacial score (nSPS) is 16.0. The minimum Gasteiger partial charge on any atom is -0.440 e. The van der Waals surface area contributed by atoms with Gasteiger partial charge in [-0.05, 0) is 13.8 Å². The first-order valence-corrected chi connectivity index (χ1v) is 4.74. The van der Waals surface area contributed by atoms with Crippen LogP contribution >= 0.6 is 11.8 Å². The highest BCUT2D eigenvalue weighted by Gasteiger charge is 2.13. The van der Waals surface area contributed by atoms with Crippen molar-refractivity contribution in [3.05, 3.63) is 12.0 Å². The van der Waals surface area contributed by atoms with Gasteiger partial charge in [-0.25, -0.2) is 4.98 Å². The largest absolute Gasteiger partial charge is 0.440 e. The lowest BCUT2D eigenvalue weighted by Gasteiger charge is -2.10. The first-order valence-electron chi connectivity index (χ1n) is 3.86. The Bertz CT molecular complexity index is 247. The summed E-state index contributed by atoms with van der Waals surface area (Å²) in [7, 11) is 0. The fourth-order valence-corrected chi connectivity index (χ4v) is 1.46. The fraction of sp³-hybridized carbons (Fsp3) is 0.625. The van der Waals surface area contributed by atoms with Gasteiger partial charge in [0.05, 0.1) is 11.8 Å². The number of hydrogen-bond acceptors (Lipinski definition) is 4. The third kappa shape index (κ3) is 2.53. The molecule has 0 saturated heterocycles. The predicted octanol–water partition coefficient (Wildman–Crippen LogP) is 1.84. The highest BCUT2D eigenvalue weighted by molar-refractivity contribution is 7.99. The Morgan fingerprint density at radius 2 is 2.25 bits per heavy atom. The molecule has 1 N–H and O–H groups in total. The van der Waals surface area contributed by atoms with Crippen molar-refractivity contribution in [2.75, 3.05) is 0 Å². The topological polar surface area (TPSA) is 46.3 Å². The second-order valence-electron chi connectivity index (χ2n) is 2.82. The molecule has 12 heavy (non-hydrogen) atoms. The fourth-order valence-electron chi connectivity index (χ4n) is 0.644. The monoisotopic (exact) mass is 187 g/mol. The molecule has 0 aliphatic heterocycles. The molecule has 1 aromatic heterocycles. The Labute approximate surface area is 76.2 Å². The van der Waals surface area contributed by atoms with E-state index in [1.165, 1.54) is 11.8 Å². The summed E-state index contributed by atoms with van der Waals surface area (Å²) in [5, 5.41) is 9.94. The van der Waals surface area contributed by atoms with Crippen LogP contribution in [0.3, 0.4) is 0 Å². The van der Waals surface area contributed by atoms with Crippen molar-refractivity contribution in [1.29, 1.82) is 0 Å². The highest BCUT2D eigenvalue weighted by Crippen LogP contribution is 2.23. The number of thioether (sulfide) groups is 1. The molecule has 68 valence electrons. The number of hydrogen-bond donors (Lipinski definition) is 1. The van der Waals surface area contributed by atoms with Gasteiger partial charge >= 0.3 is 0 Å². The van der Waals surface area contributed by atoms with Crippen LogP contribution in [0, 0.1) is 6.92 Å². The molecule has 0 radical (unpaired) electrons. The number of aliphatic hydroxyl groups is 1. The summed E-state index contributed by atoms with van der Waals surface area (Å²) in [5.74, 6) is 0. The molecule has 3 nitrogen and oxygen atoms in total. The van der Waals surface area contributed by atoms with E-state index in [9.17, 15) is 5.11 Å². The Morgan fingerprint density at radius 1 is 1.58 bits per heavy atom.